The molecule has 0 saturated heterocycles. The van der Waals surface area contributed by atoms with Crippen LogP contribution in [-0.2, 0) is 0 Å². The molecule has 2 unspecified atom stereocenters. The molecule has 110 valence electrons. The summed E-state index contributed by atoms with van der Waals surface area (Å²) < 4.78 is 5.88. The minimum atomic E-state index is -0.494. The number of primary amides is 1. The highest BCUT2D eigenvalue weighted by Gasteiger charge is 2.27. The predicted molar refractivity (Wildman–Crippen MR) is 77.6 cm³/mol. The fourth-order valence-electron chi connectivity index (χ4n) is 3.05. The van der Waals surface area contributed by atoms with E-state index in [9.17, 15) is 4.79 Å². The number of carbonyl (C=O) groups is 1. The summed E-state index contributed by atoms with van der Waals surface area (Å²) in [6.45, 7) is 4.94. The van der Waals surface area contributed by atoms with E-state index in [4.69, 9.17) is 16.2 Å². The zero-order valence-corrected chi connectivity index (χ0v) is 12.2. The van der Waals surface area contributed by atoms with Gasteiger partial charge in [0.25, 0.3) is 5.91 Å². The van der Waals surface area contributed by atoms with Gasteiger partial charge in [0.05, 0.1) is 12.3 Å². The van der Waals surface area contributed by atoms with Crippen LogP contribution < -0.4 is 16.2 Å². The molecular formula is C15H23N3O2. The maximum Gasteiger partial charge on any atom is 0.254 e. The molecule has 1 aromatic heterocycles. The van der Waals surface area contributed by atoms with Gasteiger partial charge in [-0.25, -0.2) is 0 Å². The monoisotopic (exact) mass is 277 g/mol. The second-order valence-electron chi connectivity index (χ2n) is 5.58. The Morgan fingerprint density at radius 3 is 2.75 bits per heavy atom. The van der Waals surface area contributed by atoms with Crippen LogP contribution in [0.25, 0.3) is 0 Å². The summed E-state index contributed by atoms with van der Waals surface area (Å²) in [4.78, 5) is 15.8. The van der Waals surface area contributed by atoms with Crippen molar-refractivity contribution in [1.82, 2.24) is 4.98 Å². The predicted octanol–water partition coefficient (Wildman–Crippen LogP) is 1.55. The SMILES string of the molecule is Cc1cc(OCC2CCCC2CN)c(C(N)=O)c(C)n1. The van der Waals surface area contributed by atoms with Crippen LogP contribution in [-0.4, -0.2) is 24.0 Å². The molecule has 1 heterocycles. The maximum atomic E-state index is 11.6. The van der Waals surface area contributed by atoms with Crippen molar-refractivity contribution in [2.45, 2.75) is 33.1 Å². The van der Waals surface area contributed by atoms with Crippen molar-refractivity contribution in [2.75, 3.05) is 13.2 Å². The van der Waals surface area contributed by atoms with Gasteiger partial charge in [-0.1, -0.05) is 6.42 Å². The third-order valence-corrected chi connectivity index (χ3v) is 4.11. The van der Waals surface area contributed by atoms with E-state index in [1.165, 1.54) is 12.8 Å². The normalized spacial score (nSPS) is 21.9. The molecule has 1 saturated carbocycles. The number of amides is 1. The number of hydrogen-bond acceptors (Lipinski definition) is 4. The second kappa shape index (κ2) is 6.22. The Kier molecular flexibility index (Phi) is 4.60. The molecule has 4 N–H and O–H groups in total. The zero-order valence-electron chi connectivity index (χ0n) is 12.2. The molecule has 0 radical (unpaired) electrons. The Balaban J connectivity index is 2.14. The van der Waals surface area contributed by atoms with E-state index in [0.717, 1.165) is 12.1 Å². The van der Waals surface area contributed by atoms with E-state index >= 15 is 0 Å². The molecule has 2 atom stereocenters. The maximum absolute atomic E-state index is 11.6. The molecule has 5 nitrogen and oxygen atoms in total. The summed E-state index contributed by atoms with van der Waals surface area (Å²) in [6.07, 6.45) is 3.51. The van der Waals surface area contributed by atoms with Crippen LogP contribution in [0, 0.1) is 25.7 Å². The molecule has 20 heavy (non-hydrogen) atoms. The Morgan fingerprint density at radius 2 is 2.10 bits per heavy atom. The van der Waals surface area contributed by atoms with E-state index in [0.29, 0.717) is 42.0 Å². The number of nitrogens with zero attached hydrogens (tertiary/aromatic N) is 1. The van der Waals surface area contributed by atoms with E-state index < -0.39 is 5.91 Å². The summed E-state index contributed by atoms with van der Waals surface area (Å²) in [5.41, 5.74) is 13.0. The lowest BCUT2D eigenvalue weighted by molar-refractivity contribution is 0.0993. The van der Waals surface area contributed by atoms with Gasteiger partial charge in [-0.05, 0) is 45.1 Å². The van der Waals surface area contributed by atoms with E-state index in [2.05, 4.69) is 4.98 Å². The number of ether oxygens (including phenoxy) is 1. The third-order valence-electron chi connectivity index (χ3n) is 4.11. The molecule has 0 spiro atoms. The summed E-state index contributed by atoms with van der Waals surface area (Å²) in [5, 5.41) is 0. The Bertz CT molecular complexity index is 502. The van der Waals surface area contributed by atoms with Gasteiger partial charge in [-0.3, -0.25) is 9.78 Å². The highest BCUT2D eigenvalue weighted by atomic mass is 16.5. The fourth-order valence-corrected chi connectivity index (χ4v) is 3.05. The van der Waals surface area contributed by atoms with Crippen molar-refractivity contribution in [1.29, 1.82) is 0 Å². The van der Waals surface area contributed by atoms with Crippen LogP contribution >= 0.6 is 0 Å². The summed E-state index contributed by atoms with van der Waals surface area (Å²) in [6, 6.07) is 1.78. The number of pyridine rings is 1. The van der Waals surface area contributed by atoms with Crippen molar-refractivity contribution in [3.05, 3.63) is 23.0 Å². The Morgan fingerprint density at radius 1 is 1.40 bits per heavy atom. The molecule has 1 fully saturated rings. The average Bonchev–Trinajstić information content (AvgIpc) is 2.82. The molecule has 0 aromatic carbocycles. The smallest absolute Gasteiger partial charge is 0.254 e. The molecule has 1 aliphatic carbocycles. The van der Waals surface area contributed by atoms with Crippen LogP contribution in [0.4, 0.5) is 0 Å². The molecule has 5 heteroatoms. The second-order valence-corrected chi connectivity index (χ2v) is 5.58. The highest BCUT2D eigenvalue weighted by Crippen LogP contribution is 2.32. The minimum absolute atomic E-state index is 0.387. The fraction of sp³-hybridized carbons (Fsp3) is 0.600. The number of aryl methyl sites for hydroxylation is 2. The number of aromatic nitrogens is 1. The zero-order chi connectivity index (χ0) is 14.7. The van der Waals surface area contributed by atoms with Crippen LogP contribution in [0.5, 0.6) is 5.75 Å². The van der Waals surface area contributed by atoms with Crippen LogP contribution in [0.1, 0.15) is 41.0 Å². The molecule has 1 amide bonds. The van der Waals surface area contributed by atoms with Gasteiger partial charge in [0.1, 0.15) is 11.3 Å². The first kappa shape index (κ1) is 14.8. The first-order chi connectivity index (χ1) is 9.52. The van der Waals surface area contributed by atoms with Gasteiger partial charge in [0.2, 0.25) is 0 Å². The van der Waals surface area contributed by atoms with Crippen LogP contribution in [0.3, 0.4) is 0 Å². The van der Waals surface area contributed by atoms with E-state index in [-0.39, 0.29) is 0 Å². The molecule has 1 aliphatic rings. The van der Waals surface area contributed by atoms with Crippen LogP contribution in [0.2, 0.25) is 0 Å². The van der Waals surface area contributed by atoms with Gasteiger partial charge in [-0.2, -0.15) is 0 Å². The number of carbonyl (C=O) groups excluding carboxylic acids is 1. The largest absolute Gasteiger partial charge is 0.492 e. The lowest BCUT2D eigenvalue weighted by atomic mass is 9.97. The van der Waals surface area contributed by atoms with Gasteiger partial charge in [0.15, 0.2) is 0 Å². The summed E-state index contributed by atoms with van der Waals surface area (Å²) in [7, 11) is 0. The third kappa shape index (κ3) is 3.10. The van der Waals surface area contributed by atoms with Crippen molar-refractivity contribution in [2.24, 2.45) is 23.3 Å². The molecular weight excluding hydrogens is 254 g/mol. The molecule has 1 aromatic rings. The molecule has 0 aliphatic heterocycles. The van der Waals surface area contributed by atoms with Gasteiger partial charge in [-0.15, -0.1) is 0 Å². The first-order valence-corrected chi connectivity index (χ1v) is 7.13. The highest BCUT2D eigenvalue weighted by molar-refractivity contribution is 5.96. The quantitative estimate of drug-likeness (QED) is 0.854. The first-order valence-electron chi connectivity index (χ1n) is 7.13. The standard InChI is InChI=1S/C15H23N3O2/c1-9-6-13(14(15(17)19)10(2)18-9)20-8-12-5-3-4-11(12)7-16/h6,11-12H,3-5,7-8,16H2,1-2H3,(H2,17,19). The Labute approximate surface area is 119 Å². The molecule has 2 rings (SSSR count). The van der Waals surface area contributed by atoms with Crippen molar-refractivity contribution < 1.29 is 9.53 Å². The van der Waals surface area contributed by atoms with Gasteiger partial charge >= 0.3 is 0 Å². The van der Waals surface area contributed by atoms with Crippen molar-refractivity contribution in [3.8, 4) is 5.75 Å². The van der Waals surface area contributed by atoms with Gasteiger partial charge in [0, 0.05) is 11.8 Å². The Hall–Kier alpha value is -1.62. The summed E-state index contributed by atoms with van der Waals surface area (Å²) in [5.74, 6) is 1.04. The van der Waals surface area contributed by atoms with Gasteiger partial charge < -0.3 is 16.2 Å². The van der Waals surface area contributed by atoms with Crippen molar-refractivity contribution in [3.63, 3.8) is 0 Å². The van der Waals surface area contributed by atoms with Crippen molar-refractivity contribution >= 4 is 5.91 Å². The van der Waals surface area contributed by atoms with E-state index in [1.807, 2.05) is 6.92 Å². The average molecular weight is 277 g/mol. The lowest BCUT2D eigenvalue weighted by Gasteiger charge is -2.19. The van der Waals surface area contributed by atoms with Crippen LogP contribution in [0.15, 0.2) is 6.07 Å². The summed E-state index contributed by atoms with van der Waals surface area (Å²) >= 11 is 0. The number of rotatable bonds is 5. The number of hydrogen-bond donors (Lipinski definition) is 2. The number of nitrogens with two attached hydrogens (primary N) is 2. The topological polar surface area (TPSA) is 91.2 Å². The minimum Gasteiger partial charge on any atom is -0.492 e. The van der Waals surface area contributed by atoms with E-state index in [1.54, 1.807) is 13.0 Å². The lowest BCUT2D eigenvalue weighted by Crippen LogP contribution is -2.24. The molecule has 0 bridgehead atoms.